The number of furan rings is 1. The fourth-order valence-corrected chi connectivity index (χ4v) is 4.08. The molecule has 0 spiro atoms. The lowest BCUT2D eigenvalue weighted by atomic mass is 9.97. The van der Waals surface area contributed by atoms with Crippen LogP contribution in [-0.2, 0) is 0 Å². The van der Waals surface area contributed by atoms with Crippen LogP contribution in [0.1, 0.15) is 36.2 Å². The second-order valence-corrected chi connectivity index (χ2v) is 8.11. The molecule has 4 rings (SSSR count). The van der Waals surface area contributed by atoms with Crippen LogP contribution in [0.2, 0.25) is 0 Å². The zero-order valence-electron chi connectivity index (χ0n) is 20.0. The van der Waals surface area contributed by atoms with Crippen molar-refractivity contribution in [2.24, 2.45) is 0 Å². The number of rotatable bonds is 11. The Labute approximate surface area is 200 Å². The van der Waals surface area contributed by atoms with Gasteiger partial charge >= 0.3 is 0 Å². The van der Waals surface area contributed by atoms with Crippen molar-refractivity contribution in [1.29, 1.82) is 0 Å². The van der Waals surface area contributed by atoms with E-state index in [0.717, 1.165) is 42.8 Å². The summed E-state index contributed by atoms with van der Waals surface area (Å²) in [4.78, 5) is 15.9. The second kappa shape index (κ2) is 11.0. The lowest BCUT2D eigenvalue weighted by Gasteiger charge is -2.17. The quantitative estimate of drug-likeness (QED) is 0.191. The van der Waals surface area contributed by atoms with Crippen LogP contribution < -0.4 is 9.47 Å². The van der Waals surface area contributed by atoms with Crippen molar-refractivity contribution in [3.63, 3.8) is 0 Å². The molecular weight excluding hydrogens is 426 g/mol. The maximum atomic E-state index is 13.5. The molecule has 0 radical (unpaired) electrons. The molecule has 1 aromatic heterocycles. The van der Waals surface area contributed by atoms with Crippen molar-refractivity contribution >= 4 is 16.8 Å². The molecule has 0 bridgehead atoms. The van der Waals surface area contributed by atoms with Crippen LogP contribution in [0.3, 0.4) is 0 Å². The molecule has 0 fully saturated rings. The van der Waals surface area contributed by atoms with Gasteiger partial charge in [0.1, 0.15) is 22.8 Å². The first kappa shape index (κ1) is 23.6. The van der Waals surface area contributed by atoms with Gasteiger partial charge in [-0.1, -0.05) is 32.0 Å². The number of carbonyl (C=O) groups is 1. The Bertz CT molecular complexity index is 1220. The maximum absolute atomic E-state index is 13.5. The number of hydrogen-bond donors (Lipinski definition) is 0. The number of ether oxygens (including phenoxy) is 2. The zero-order chi connectivity index (χ0) is 23.9. The number of carbonyl (C=O) groups excluding carboxylic acids is 1. The molecule has 0 aliphatic carbocycles. The Morgan fingerprint density at radius 3 is 2.24 bits per heavy atom. The Hall–Kier alpha value is -3.57. The van der Waals surface area contributed by atoms with E-state index < -0.39 is 0 Å². The first-order valence-corrected chi connectivity index (χ1v) is 11.8. The summed E-state index contributed by atoms with van der Waals surface area (Å²) in [7, 11) is 1.61. The molecule has 176 valence electrons. The van der Waals surface area contributed by atoms with Crippen LogP contribution in [0.4, 0.5) is 0 Å². The molecule has 5 heteroatoms. The van der Waals surface area contributed by atoms with Gasteiger partial charge in [-0.25, -0.2) is 0 Å². The zero-order valence-corrected chi connectivity index (χ0v) is 20.0. The molecule has 0 N–H and O–H groups in total. The fraction of sp³-hybridized carbons (Fsp3) is 0.276. The highest BCUT2D eigenvalue weighted by atomic mass is 16.5. The van der Waals surface area contributed by atoms with E-state index in [1.807, 2.05) is 48.5 Å². The Morgan fingerprint density at radius 2 is 1.56 bits per heavy atom. The molecular formula is C29H31NO4. The molecule has 34 heavy (non-hydrogen) atoms. The van der Waals surface area contributed by atoms with Gasteiger partial charge in [-0.3, -0.25) is 4.79 Å². The summed E-state index contributed by atoms with van der Waals surface area (Å²) in [5, 5.41) is 0.801. The predicted octanol–water partition coefficient (Wildman–Crippen LogP) is 6.45. The Morgan fingerprint density at radius 1 is 0.882 bits per heavy atom. The van der Waals surface area contributed by atoms with Gasteiger partial charge in [0.2, 0.25) is 0 Å². The van der Waals surface area contributed by atoms with Gasteiger partial charge in [0.05, 0.1) is 19.3 Å². The SMILES string of the molecule is CCN(CC)CCCOc1ccc(-c2oc3ccccc3c2C(=O)c2ccc(OC)cc2)cc1. The molecule has 0 saturated heterocycles. The molecule has 0 saturated carbocycles. The molecule has 1 heterocycles. The first-order valence-electron chi connectivity index (χ1n) is 11.8. The second-order valence-electron chi connectivity index (χ2n) is 8.11. The summed E-state index contributed by atoms with van der Waals surface area (Å²) >= 11 is 0. The lowest BCUT2D eigenvalue weighted by Crippen LogP contribution is -2.25. The summed E-state index contributed by atoms with van der Waals surface area (Å²) in [5.41, 5.74) is 2.67. The predicted molar refractivity (Wildman–Crippen MR) is 136 cm³/mol. The van der Waals surface area contributed by atoms with Crippen molar-refractivity contribution in [2.45, 2.75) is 20.3 Å². The minimum atomic E-state index is -0.0840. The van der Waals surface area contributed by atoms with E-state index in [-0.39, 0.29) is 5.78 Å². The van der Waals surface area contributed by atoms with Gasteiger partial charge in [-0.15, -0.1) is 0 Å². The topological polar surface area (TPSA) is 51.9 Å². The van der Waals surface area contributed by atoms with E-state index in [1.165, 1.54) is 0 Å². The molecule has 5 nitrogen and oxygen atoms in total. The van der Waals surface area contributed by atoms with Crippen LogP contribution in [0, 0.1) is 0 Å². The van der Waals surface area contributed by atoms with Gasteiger partial charge in [0, 0.05) is 23.1 Å². The van der Waals surface area contributed by atoms with E-state index in [0.29, 0.717) is 34.8 Å². The lowest BCUT2D eigenvalue weighted by molar-refractivity contribution is 0.104. The van der Waals surface area contributed by atoms with Crippen molar-refractivity contribution < 1.29 is 18.7 Å². The monoisotopic (exact) mass is 457 g/mol. The maximum Gasteiger partial charge on any atom is 0.197 e. The number of fused-ring (bicyclic) bond motifs is 1. The van der Waals surface area contributed by atoms with E-state index in [2.05, 4.69) is 18.7 Å². The van der Waals surface area contributed by atoms with Crippen molar-refractivity contribution in [1.82, 2.24) is 4.90 Å². The Kier molecular flexibility index (Phi) is 7.65. The highest BCUT2D eigenvalue weighted by molar-refractivity contribution is 6.19. The van der Waals surface area contributed by atoms with Crippen molar-refractivity contribution in [2.75, 3.05) is 33.4 Å². The van der Waals surface area contributed by atoms with Gasteiger partial charge in [-0.2, -0.15) is 0 Å². The van der Waals surface area contributed by atoms with E-state index in [9.17, 15) is 4.79 Å². The number of benzene rings is 3. The van der Waals surface area contributed by atoms with Crippen LogP contribution in [0.25, 0.3) is 22.3 Å². The third-order valence-electron chi connectivity index (χ3n) is 6.07. The highest BCUT2D eigenvalue weighted by Gasteiger charge is 2.23. The molecule has 3 aromatic carbocycles. The average molecular weight is 458 g/mol. The summed E-state index contributed by atoms with van der Waals surface area (Å²) < 4.78 is 17.3. The molecule has 0 atom stereocenters. The summed E-state index contributed by atoms with van der Waals surface area (Å²) in [6.07, 6.45) is 0.980. The molecule has 4 aromatic rings. The van der Waals surface area contributed by atoms with E-state index >= 15 is 0 Å². The van der Waals surface area contributed by atoms with Crippen LogP contribution in [-0.4, -0.2) is 44.0 Å². The minimum Gasteiger partial charge on any atom is -0.497 e. The molecule has 0 aliphatic heterocycles. The summed E-state index contributed by atoms with van der Waals surface area (Å²) in [6, 6.07) is 22.5. The number of hydrogen-bond acceptors (Lipinski definition) is 5. The van der Waals surface area contributed by atoms with Crippen LogP contribution >= 0.6 is 0 Å². The van der Waals surface area contributed by atoms with Crippen LogP contribution in [0.5, 0.6) is 11.5 Å². The summed E-state index contributed by atoms with van der Waals surface area (Å²) in [5.74, 6) is 2.00. The average Bonchev–Trinajstić information content (AvgIpc) is 3.28. The summed E-state index contributed by atoms with van der Waals surface area (Å²) in [6.45, 7) is 8.16. The van der Waals surface area contributed by atoms with Gasteiger partial charge in [-0.05, 0) is 74.1 Å². The largest absolute Gasteiger partial charge is 0.497 e. The van der Waals surface area contributed by atoms with Gasteiger partial charge in [0.15, 0.2) is 5.78 Å². The fourth-order valence-electron chi connectivity index (χ4n) is 4.08. The number of nitrogens with zero attached hydrogens (tertiary/aromatic N) is 1. The molecule has 0 amide bonds. The van der Waals surface area contributed by atoms with Gasteiger partial charge < -0.3 is 18.8 Å². The first-order chi connectivity index (χ1) is 16.6. The standard InChI is InChI=1S/C29H31NO4/c1-4-30(5-2)19-8-20-33-24-17-13-22(14-18-24)29-27(25-9-6-7-10-26(25)34-29)28(31)21-11-15-23(32-3)16-12-21/h6-7,9-18H,4-5,8,19-20H2,1-3H3. The number of methoxy groups -OCH3 is 1. The van der Waals surface area contributed by atoms with E-state index in [1.54, 1.807) is 31.4 Å². The third kappa shape index (κ3) is 5.15. The van der Waals surface area contributed by atoms with Crippen molar-refractivity contribution in [3.8, 4) is 22.8 Å². The molecule has 0 aliphatic rings. The molecule has 0 unspecified atom stereocenters. The van der Waals surface area contributed by atoms with E-state index in [4.69, 9.17) is 13.9 Å². The number of ketones is 1. The Balaban J connectivity index is 1.57. The third-order valence-corrected chi connectivity index (χ3v) is 6.07. The minimum absolute atomic E-state index is 0.0840. The van der Waals surface area contributed by atoms with Crippen molar-refractivity contribution in [3.05, 3.63) is 83.9 Å². The number of para-hydroxylation sites is 1. The highest BCUT2D eigenvalue weighted by Crippen LogP contribution is 2.36. The van der Waals surface area contributed by atoms with Crippen LogP contribution in [0.15, 0.2) is 77.2 Å². The normalized spacial score (nSPS) is 11.2. The smallest absolute Gasteiger partial charge is 0.197 e. The van der Waals surface area contributed by atoms with Gasteiger partial charge in [0.25, 0.3) is 0 Å².